The zero-order valence-corrected chi connectivity index (χ0v) is 12.0. The minimum Gasteiger partial charge on any atom is -0.315 e. The lowest BCUT2D eigenvalue weighted by atomic mass is 9.93. The van der Waals surface area contributed by atoms with Gasteiger partial charge in [-0.05, 0) is 57.2 Å². The second-order valence-corrected chi connectivity index (χ2v) is 5.68. The Kier molecular flexibility index (Phi) is 5.20. The van der Waals surface area contributed by atoms with Crippen LogP contribution < -0.4 is 5.32 Å². The van der Waals surface area contributed by atoms with E-state index in [9.17, 15) is 0 Å². The molecule has 1 heteroatoms. The number of hydrogen-bond acceptors (Lipinski definition) is 1. The van der Waals surface area contributed by atoms with Crippen molar-refractivity contribution in [1.29, 1.82) is 0 Å². The van der Waals surface area contributed by atoms with Gasteiger partial charge in [-0.15, -0.1) is 0 Å². The standard InChI is InChI=1S/C16H27N/c1-6-13(2)15-9-7-14(8-10-15)11-12-16(3,4)17-5/h7-10,13,17H,6,11-12H2,1-5H3. The second kappa shape index (κ2) is 6.20. The van der Waals surface area contributed by atoms with E-state index in [4.69, 9.17) is 0 Å². The fraction of sp³-hybridized carbons (Fsp3) is 0.625. The van der Waals surface area contributed by atoms with Gasteiger partial charge in [-0.3, -0.25) is 0 Å². The van der Waals surface area contributed by atoms with Crippen LogP contribution in [0.25, 0.3) is 0 Å². The van der Waals surface area contributed by atoms with Gasteiger partial charge in [0.2, 0.25) is 0 Å². The normalized spacial score (nSPS) is 13.7. The van der Waals surface area contributed by atoms with Crippen LogP contribution in [-0.4, -0.2) is 12.6 Å². The van der Waals surface area contributed by atoms with Gasteiger partial charge in [0.15, 0.2) is 0 Å². The minimum absolute atomic E-state index is 0.232. The predicted molar refractivity (Wildman–Crippen MR) is 76.6 cm³/mol. The first-order valence-electron chi connectivity index (χ1n) is 6.76. The summed E-state index contributed by atoms with van der Waals surface area (Å²) < 4.78 is 0. The Morgan fingerprint density at radius 2 is 1.76 bits per heavy atom. The van der Waals surface area contributed by atoms with Gasteiger partial charge in [-0.25, -0.2) is 0 Å². The average molecular weight is 233 g/mol. The third-order valence-corrected chi connectivity index (χ3v) is 3.88. The third-order valence-electron chi connectivity index (χ3n) is 3.88. The lowest BCUT2D eigenvalue weighted by Gasteiger charge is -2.23. The van der Waals surface area contributed by atoms with E-state index in [-0.39, 0.29) is 5.54 Å². The van der Waals surface area contributed by atoms with Crippen molar-refractivity contribution < 1.29 is 0 Å². The molecule has 0 saturated heterocycles. The summed E-state index contributed by atoms with van der Waals surface area (Å²) in [6, 6.07) is 9.15. The van der Waals surface area contributed by atoms with Crippen molar-refractivity contribution in [1.82, 2.24) is 5.32 Å². The van der Waals surface area contributed by atoms with Crippen LogP contribution >= 0.6 is 0 Å². The number of hydrogen-bond donors (Lipinski definition) is 1. The molecule has 1 rings (SSSR count). The molecular formula is C16H27N. The van der Waals surface area contributed by atoms with E-state index in [1.165, 1.54) is 24.0 Å². The van der Waals surface area contributed by atoms with E-state index in [1.807, 2.05) is 7.05 Å². The molecule has 17 heavy (non-hydrogen) atoms. The Labute approximate surface area is 107 Å². The van der Waals surface area contributed by atoms with Crippen LogP contribution in [-0.2, 0) is 6.42 Å². The molecular weight excluding hydrogens is 206 g/mol. The molecule has 0 aliphatic rings. The summed E-state index contributed by atoms with van der Waals surface area (Å²) in [6.45, 7) is 9.04. The van der Waals surface area contributed by atoms with Crippen molar-refractivity contribution in [2.45, 2.75) is 58.4 Å². The molecule has 0 bridgehead atoms. The van der Waals surface area contributed by atoms with E-state index in [0.29, 0.717) is 5.92 Å². The van der Waals surface area contributed by atoms with Gasteiger partial charge >= 0.3 is 0 Å². The van der Waals surface area contributed by atoms with E-state index in [1.54, 1.807) is 0 Å². The van der Waals surface area contributed by atoms with Crippen LogP contribution in [0.1, 0.15) is 57.6 Å². The van der Waals surface area contributed by atoms with Crippen molar-refractivity contribution in [2.75, 3.05) is 7.05 Å². The monoisotopic (exact) mass is 233 g/mol. The van der Waals surface area contributed by atoms with Gasteiger partial charge in [0.25, 0.3) is 0 Å². The highest BCUT2D eigenvalue weighted by molar-refractivity contribution is 5.25. The number of benzene rings is 1. The molecule has 0 amide bonds. The molecule has 0 spiro atoms. The first-order valence-corrected chi connectivity index (χ1v) is 6.76. The highest BCUT2D eigenvalue weighted by Gasteiger charge is 2.14. The van der Waals surface area contributed by atoms with Crippen molar-refractivity contribution in [3.8, 4) is 0 Å². The Hall–Kier alpha value is -0.820. The summed E-state index contributed by atoms with van der Waals surface area (Å²) in [6.07, 6.45) is 3.53. The zero-order chi connectivity index (χ0) is 12.9. The van der Waals surface area contributed by atoms with Crippen LogP contribution in [0.15, 0.2) is 24.3 Å². The topological polar surface area (TPSA) is 12.0 Å². The lowest BCUT2D eigenvalue weighted by molar-refractivity contribution is 0.393. The van der Waals surface area contributed by atoms with E-state index < -0.39 is 0 Å². The van der Waals surface area contributed by atoms with Gasteiger partial charge in [0.05, 0.1) is 0 Å². The molecule has 96 valence electrons. The van der Waals surface area contributed by atoms with Crippen molar-refractivity contribution in [2.24, 2.45) is 0 Å². The third kappa shape index (κ3) is 4.51. The fourth-order valence-corrected chi connectivity index (χ4v) is 1.83. The van der Waals surface area contributed by atoms with Gasteiger partial charge in [-0.1, -0.05) is 38.1 Å². The summed E-state index contributed by atoms with van der Waals surface area (Å²) in [5.41, 5.74) is 3.14. The maximum absolute atomic E-state index is 3.35. The molecule has 1 aromatic carbocycles. The zero-order valence-electron chi connectivity index (χ0n) is 12.0. The number of nitrogens with one attached hydrogen (secondary N) is 1. The van der Waals surface area contributed by atoms with Gasteiger partial charge in [0.1, 0.15) is 0 Å². The van der Waals surface area contributed by atoms with Crippen LogP contribution in [0.5, 0.6) is 0 Å². The second-order valence-electron chi connectivity index (χ2n) is 5.68. The first-order chi connectivity index (χ1) is 7.98. The lowest BCUT2D eigenvalue weighted by Crippen LogP contribution is -2.36. The largest absolute Gasteiger partial charge is 0.315 e. The van der Waals surface area contributed by atoms with Gasteiger partial charge < -0.3 is 5.32 Å². The Morgan fingerprint density at radius 1 is 1.18 bits per heavy atom. The van der Waals surface area contributed by atoms with Crippen molar-refractivity contribution in [3.63, 3.8) is 0 Å². The molecule has 1 unspecified atom stereocenters. The van der Waals surface area contributed by atoms with Crippen LogP contribution in [0.2, 0.25) is 0 Å². The Balaban J connectivity index is 2.57. The molecule has 0 fully saturated rings. The van der Waals surface area contributed by atoms with E-state index in [2.05, 4.69) is 57.3 Å². The van der Waals surface area contributed by atoms with Crippen molar-refractivity contribution >= 4 is 0 Å². The van der Waals surface area contributed by atoms with Crippen LogP contribution in [0, 0.1) is 0 Å². The Morgan fingerprint density at radius 3 is 2.24 bits per heavy atom. The summed E-state index contributed by atoms with van der Waals surface area (Å²) in [4.78, 5) is 0. The number of aryl methyl sites for hydroxylation is 1. The smallest absolute Gasteiger partial charge is 0.0125 e. The quantitative estimate of drug-likeness (QED) is 0.779. The van der Waals surface area contributed by atoms with Crippen LogP contribution in [0.4, 0.5) is 0 Å². The molecule has 1 N–H and O–H groups in total. The molecule has 0 saturated carbocycles. The average Bonchev–Trinajstić information content (AvgIpc) is 2.36. The predicted octanol–water partition coefficient (Wildman–Crippen LogP) is 4.13. The van der Waals surface area contributed by atoms with E-state index >= 15 is 0 Å². The molecule has 0 aromatic heterocycles. The fourth-order valence-electron chi connectivity index (χ4n) is 1.83. The molecule has 1 aromatic rings. The highest BCUT2D eigenvalue weighted by Crippen LogP contribution is 2.20. The van der Waals surface area contributed by atoms with Gasteiger partial charge in [0, 0.05) is 5.54 Å². The summed E-state index contributed by atoms with van der Waals surface area (Å²) in [7, 11) is 2.03. The maximum Gasteiger partial charge on any atom is 0.0125 e. The summed E-state index contributed by atoms with van der Waals surface area (Å²) in [5, 5.41) is 3.35. The molecule has 0 aliphatic heterocycles. The molecule has 1 nitrogen and oxygen atoms in total. The molecule has 0 radical (unpaired) electrons. The minimum atomic E-state index is 0.232. The Bertz CT molecular complexity index is 324. The SMILES string of the molecule is CCC(C)c1ccc(CCC(C)(C)NC)cc1. The molecule has 0 heterocycles. The maximum atomic E-state index is 3.35. The van der Waals surface area contributed by atoms with Crippen molar-refractivity contribution in [3.05, 3.63) is 35.4 Å². The molecule has 1 atom stereocenters. The molecule has 0 aliphatic carbocycles. The summed E-state index contributed by atoms with van der Waals surface area (Å²) in [5.74, 6) is 0.679. The van der Waals surface area contributed by atoms with E-state index in [0.717, 1.165) is 6.42 Å². The van der Waals surface area contributed by atoms with Crippen LogP contribution in [0.3, 0.4) is 0 Å². The number of rotatable bonds is 6. The summed E-state index contributed by atoms with van der Waals surface area (Å²) >= 11 is 0. The highest BCUT2D eigenvalue weighted by atomic mass is 14.9. The first kappa shape index (κ1) is 14.2. The van der Waals surface area contributed by atoms with Gasteiger partial charge in [-0.2, -0.15) is 0 Å².